The number of rotatable bonds is 2. The van der Waals surface area contributed by atoms with Crippen LogP contribution >= 0.6 is 12.4 Å². The molecule has 0 spiro atoms. The Morgan fingerprint density at radius 1 is 1.69 bits per heavy atom. The van der Waals surface area contributed by atoms with Gasteiger partial charge in [0.25, 0.3) is 0 Å². The predicted octanol–water partition coefficient (Wildman–Crippen LogP) is 1.35. The number of nitrogens with zero attached hydrogens (tertiary/aromatic N) is 1. The molecule has 6 heteroatoms. The molecular formula is C10H15ClN2O3. The highest BCUT2D eigenvalue weighted by Gasteiger charge is 2.21. The van der Waals surface area contributed by atoms with E-state index in [9.17, 15) is 4.79 Å². The van der Waals surface area contributed by atoms with Crippen molar-refractivity contribution >= 4 is 18.4 Å². The molecule has 1 aromatic rings. The zero-order chi connectivity index (χ0) is 10.7. The van der Waals surface area contributed by atoms with Crippen LogP contribution < -0.4 is 5.32 Å². The fourth-order valence-corrected chi connectivity index (χ4v) is 1.78. The van der Waals surface area contributed by atoms with E-state index in [1.54, 1.807) is 6.07 Å². The Kier molecular flexibility index (Phi) is 4.76. The fraction of sp³-hybridized carbons (Fsp3) is 0.600. The number of nitrogens with one attached hydrogen (secondary N) is 1. The molecule has 0 radical (unpaired) electrons. The Hall–Kier alpha value is -1.07. The van der Waals surface area contributed by atoms with E-state index in [0.717, 1.165) is 31.6 Å². The van der Waals surface area contributed by atoms with Crippen molar-refractivity contribution in [2.75, 3.05) is 20.2 Å². The molecule has 1 unspecified atom stereocenters. The van der Waals surface area contributed by atoms with E-state index in [0.29, 0.717) is 5.92 Å². The van der Waals surface area contributed by atoms with Gasteiger partial charge in [0.05, 0.1) is 12.8 Å². The van der Waals surface area contributed by atoms with Gasteiger partial charge in [0.1, 0.15) is 0 Å². The van der Waals surface area contributed by atoms with Crippen molar-refractivity contribution in [2.45, 2.75) is 18.8 Å². The number of halogens is 1. The van der Waals surface area contributed by atoms with E-state index in [1.165, 1.54) is 7.11 Å². The van der Waals surface area contributed by atoms with Crippen molar-refractivity contribution in [2.24, 2.45) is 0 Å². The summed E-state index contributed by atoms with van der Waals surface area (Å²) in [4.78, 5) is 11.1. The summed E-state index contributed by atoms with van der Waals surface area (Å²) in [6.07, 6.45) is 2.21. The van der Waals surface area contributed by atoms with Gasteiger partial charge in [0, 0.05) is 18.5 Å². The molecule has 0 bridgehead atoms. The highest BCUT2D eigenvalue weighted by atomic mass is 35.5. The molecule has 0 aromatic carbocycles. The third-order valence-corrected chi connectivity index (χ3v) is 2.63. The third kappa shape index (κ3) is 2.74. The Bertz CT molecular complexity index is 348. The van der Waals surface area contributed by atoms with Gasteiger partial charge in [-0.25, -0.2) is 4.79 Å². The van der Waals surface area contributed by atoms with E-state index < -0.39 is 5.97 Å². The molecule has 2 rings (SSSR count). The first-order chi connectivity index (χ1) is 7.31. The van der Waals surface area contributed by atoms with Crippen LogP contribution in [0, 0.1) is 0 Å². The molecular weight excluding hydrogens is 232 g/mol. The molecule has 0 amide bonds. The number of aromatic nitrogens is 1. The maximum absolute atomic E-state index is 11.1. The maximum Gasteiger partial charge on any atom is 0.376 e. The quantitative estimate of drug-likeness (QED) is 0.798. The zero-order valence-corrected chi connectivity index (χ0v) is 9.88. The summed E-state index contributed by atoms with van der Waals surface area (Å²) < 4.78 is 9.47. The van der Waals surface area contributed by atoms with Crippen LogP contribution in [0.3, 0.4) is 0 Å². The van der Waals surface area contributed by atoms with Gasteiger partial charge in [0.15, 0.2) is 0 Å². The minimum absolute atomic E-state index is 0. The molecule has 0 saturated carbocycles. The minimum atomic E-state index is -0.475. The number of carbonyl (C=O) groups is 1. The van der Waals surface area contributed by atoms with Crippen LogP contribution in [0.25, 0.3) is 0 Å². The van der Waals surface area contributed by atoms with Gasteiger partial charge in [-0.15, -0.1) is 12.4 Å². The second-order valence-electron chi connectivity index (χ2n) is 3.65. The van der Waals surface area contributed by atoms with Crippen molar-refractivity contribution in [3.63, 3.8) is 0 Å². The van der Waals surface area contributed by atoms with E-state index in [-0.39, 0.29) is 18.2 Å². The molecule has 0 aliphatic carbocycles. The highest BCUT2D eigenvalue weighted by molar-refractivity contribution is 5.86. The predicted molar refractivity (Wildman–Crippen MR) is 59.9 cm³/mol. The standard InChI is InChI=1S/C10H14N2O3.ClH/c1-14-10(13)9-5-8(12-15-9)7-3-2-4-11-6-7;/h5,7,11H,2-4,6H2,1H3;1H. The van der Waals surface area contributed by atoms with Gasteiger partial charge in [-0.3, -0.25) is 0 Å². The SMILES string of the molecule is COC(=O)c1cc(C2CCCNC2)no1.Cl. The number of piperidine rings is 1. The summed E-state index contributed by atoms with van der Waals surface area (Å²) in [7, 11) is 1.33. The number of hydrogen-bond donors (Lipinski definition) is 1. The zero-order valence-electron chi connectivity index (χ0n) is 9.06. The number of esters is 1. The van der Waals surface area contributed by atoms with Gasteiger partial charge in [-0.05, 0) is 19.4 Å². The Morgan fingerprint density at radius 3 is 3.12 bits per heavy atom. The van der Waals surface area contributed by atoms with Crippen molar-refractivity contribution < 1.29 is 14.1 Å². The van der Waals surface area contributed by atoms with Crippen molar-refractivity contribution in [1.29, 1.82) is 0 Å². The van der Waals surface area contributed by atoms with Gasteiger partial charge < -0.3 is 14.6 Å². The normalized spacial score (nSPS) is 19.9. The Balaban J connectivity index is 0.00000128. The lowest BCUT2D eigenvalue weighted by Gasteiger charge is -2.19. The van der Waals surface area contributed by atoms with Crippen LogP contribution in [0.4, 0.5) is 0 Å². The smallest absolute Gasteiger partial charge is 0.376 e. The number of hydrogen-bond acceptors (Lipinski definition) is 5. The molecule has 1 N–H and O–H groups in total. The average Bonchev–Trinajstić information content (AvgIpc) is 2.78. The Labute approximate surface area is 99.9 Å². The van der Waals surface area contributed by atoms with Crippen LogP contribution in [-0.2, 0) is 4.74 Å². The summed E-state index contributed by atoms with van der Waals surface area (Å²) in [5.74, 6) is 0.0523. The molecule has 16 heavy (non-hydrogen) atoms. The Morgan fingerprint density at radius 2 is 2.50 bits per heavy atom. The second kappa shape index (κ2) is 5.86. The van der Waals surface area contributed by atoms with Gasteiger partial charge in [-0.1, -0.05) is 5.16 Å². The fourth-order valence-electron chi connectivity index (χ4n) is 1.78. The number of ether oxygens (including phenoxy) is 1. The van der Waals surface area contributed by atoms with E-state index >= 15 is 0 Å². The average molecular weight is 247 g/mol. The first kappa shape index (κ1) is 13.0. The summed E-state index contributed by atoms with van der Waals surface area (Å²) in [6, 6.07) is 1.67. The molecule has 2 heterocycles. The second-order valence-corrected chi connectivity index (χ2v) is 3.65. The van der Waals surface area contributed by atoms with Gasteiger partial charge in [0.2, 0.25) is 5.76 Å². The van der Waals surface area contributed by atoms with Crippen LogP contribution in [0.15, 0.2) is 10.6 Å². The number of methoxy groups -OCH3 is 1. The molecule has 1 saturated heterocycles. The summed E-state index contributed by atoms with van der Waals surface area (Å²) in [6.45, 7) is 1.95. The molecule has 1 atom stereocenters. The number of carbonyl (C=O) groups excluding carboxylic acids is 1. The van der Waals surface area contributed by atoms with Gasteiger partial charge >= 0.3 is 5.97 Å². The first-order valence-corrected chi connectivity index (χ1v) is 5.07. The molecule has 1 aliphatic heterocycles. The lowest BCUT2D eigenvalue weighted by molar-refractivity contribution is 0.0554. The maximum atomic E-state index is 11.1. The molecule has 1 aliphatic rings. The topological polar surface area (TPSA) is 64.4 Å². The van der Waals surface area contributed by atoms with E-state index in [1.807, 2.05) is 0 Å². The van der Waals surface area contributed by atoms with Crippen molar-refractivity contribution in [1.82, 2.24) is 10.5 Å². The van der Waals surface area contributed by atoms with Crippen LogP contribution in [-0.4, -0.2) is 31.3 Å². The lowest BCUT2D eigenvalue weighted by atomic mass is 9.96. The lowest BCUT2D eigenvalue weighted by Crippen LogP contribution is -2.28. The first-order valence-electron chi connectivity index (χ1n) is 5.07. The summed E-state index contributed by atoms with van der Waals surface area (Å²) >= 11 is 0. The van der Waals surface area contributed by atoms with Crippen molar-refractivity contribution in [3.05, 3.63) is 17.5 Å². The van der Waals surface area contributed by atoms with Crippen LogP contribution in [0.1, 0.15) is 35.0 Å². The summed E-state index contributed by atoms with van der Waals surface area (Å²) in [5, 5.41) is 7.18. The molecule has 5 nitrogen and oxygen atoms in total. The van der Waals surface area contributed by atoms with Gasteiger partial charge in [-0.2, -0.15) is 0 Å². The van der Waals surface area contributed by atoms with Crippen molar-refractivity contribution in [3.8, 4) is 0 Å². The van der Waals surface area contributed by atoms with Crippen LogP contribution in [0.2, 0.25) is 0 Å². The molecule has 1 aromatic heterocycles. The highest BCUT2D eigenvalue weighted by Crippen LogP contribution is 2.22. The third-order valence-electron chi connectivity index (χ3n) is 2.63. The molecule has 90 valence electrons. The largest absolute Gasteiger partial charge is 0.463 e. The van der Waals surface area contributed by atoms with E-state index in [2.05, 4.69) is 15.2 Å². The van der Waals surface area contributed by atoms with E-state index in [4.69, 9.17) is 4.52 Å². The summed E-state index contributed by atoms with van der Waals surface area (Å²) in [5.41, 5.74) is 0.836. The van der Waals surface area contributed by atoms with Crippen LogP contribution in [0.5, 0.6) is 0 Å². The minimum Gasteiger partial charge on any atom is -0.463 e. The molecule has 1 fully saturated rings. The monoisotopic (exact) mass is 246 g/mol.